The molecule has 0 radical (unpaired) electrons. The summed E-state index contributed by atoms with van der Waals surface area (Å²) in [5.74, 6) is 1.02. The SMILES string of the molecule is Cc1cc(OCC(=O)NCc2nc(-c3ccc(Cl)cc3)no2)cc(C)c1Cl. The second-order valence-corrected chi connectivity index (χ2v) is 6.77. The summed E-state index contributed by atoms with van der Waals surface area (Å²) in [6, 6.07) is 10.6. The van der Waals surface area contributed by atoms with Gasteiger partial charge in [-0.1, -0.05) is 28.4 Å². The van der Waals surface area contributed by atoms with Gasteiger partial charge in [-0.05, 0) is 61.4 Å². The fourth-order valence-electron chi connectivity index (χ4n) is 2.41. The monoisotopic (exact) mass is 405 g/mol. The number of aryl methyl sites for hydroxylation is 2. The van der Waals surface area contributed by atoms with Gasteiger partial charge in [0, 0.05) is 15.6 Å². The van der Waals surface area contributed by atoms with E-state index in [9.17, 15) is 4.79 Å². The first kappa shape index (κ1) is 19.2. The number of nitrogens with one attached hydrogen (secondary N) is 1. The summed E-state index contributed by atoms with van der Waals surface area (Å²) < 4.78 is 10.7. The zero-order valence-corrected chi connectivity index (χ0v) is 16.3. The lowest BCUT2D eigenvalue weighted by Gasteiger charge is -2.09. The molecular weight excluding hydrogens is 389 g/mol. The highest BCUT2D eigenvalue weighted by atomic mass is 35.5. The van der Waals surface area contributed by atoms with Crippen molar-refractivity contribution in [3.05, 3.63) is 63.5 Å². The van der Waals surface area contributed by atoms with E-state index in [4.69, 9.17) is 32.5 Å². The van der Waals surface area contributed by atoms with Crippen molar-refractivity contribution in [2.75, 3.05) is 6.61 Å². The first-order valence-corrected chi connectivity index (χ1v) is 8.93. The van der Waals surface area contributed by atoms with Crippen LogP contribution in [0.15, 0.2) is 40.9 Å². The fraction of sp³-hybridized carbons (Fsp3) is 0.211. The minimum absolute atomic E-state index is 0.113. The van der Waals surface area contributed by atoms with E-state index in [0.29, 0.717) is 27.5 Å². The Morgan fingerprint density at radius 2 is 1.81 bits per heavy atom. The van der Waals surface area contributed by atoms with Crippen LogP contribution in [-0.2, 0) is 11.3 Å². The fourth-order valence-corrected chi connectivity index (χ4v) is 2.64. The smallest absolute Gasteiger partial charge is 0.258 e. The highest BCUT2D eigenvalue weighted by Crippen LogP contribution is 2.25. The van der Waals surface area contributed by atoms with E-state index in [1.165, 1.54) is 0 Å². The maximum absolute atomic E-state index is 12.0. The first-order valence-electron chi connectivity index (χ1n) is 8.17. The summed E-state index contributed by atoms with van der Waals surface area (Å²) >= 11 is 12.0. The molecule has 1 N–H and O–H groups in total. The van der Waals surface area contributed by atoms with Gasteiger partial charge in [0.2, 0.25) is 11.7 Å². The zero-order valence-electron chi connectivity index (χ0n) is 14.8. The lowest BCUT2D eigenvalue weighted by atomic mass is 10.1. The highest BCUT2D eigenvalue weighted by Gasteiger charge is 2.11. The van der Waals surface area contributed by atoms with Crippen molar-refractivity contribution in [2.24, 2.45) is 0 Å². The molecule has 0 fully saturated rings. The molecular formula is C19H17Cl2N3O3. The van der Waals surface area contributed by atoms with Gasteiger partial charge in [0.05, 0.1) is 6.54 Å². The van der Waals surface area contributed by atoms with Crippen LogP contribution in [0.4, 0.5) is 0 Å². The Balaban J connectivity index is 1.52. The number of amides is 1. The van der Waals surface area contributed by atoms with Crippen molar-refractivity contribution in [1.29, 1.82) is 0 Å². The van der Waals surface area contributed by atoms with Crippen molar-refractivity contribution < 1.29 is 14.1 Å². The summed E-state index contributed by atoms with van der Waals surface area (Å²) in [6.45, 7) is 3.76. The number of carbonyl (C=O) groups is 1. The standard InChI is InChI=1S/C19H17Cl2N3O3/c1-11-7-15(8-12(2)18(11)21)26-10-16(25)22-9-17-23-19(24-27-17)13-3-5-14(20)6-4-13/h3-8H,9-10H2,1-2H3,(H,22,25). The Morgan fingerprint density at radius 1 is 1.15 bits per heavy atom. The van der Waals surface area contributed by atoms with Crippen molar-refractivity contribution >= 4 is 29.1 Å². The van der Waals surface area contributed by atoms with Gasteiger partial charge in [0.15, 0.2) is 6.61 Å². The molecule has 140 valence electrons. The molecule has 3 aromatic rings. The van der Waals surface area contributed by atoms with Gasteiger partial charge in [-0.2, -0.15) is 4.98 Å². The number of hydrogen-bond acceptors (Lipinski definition) is 5. The van der Waals surface area contributed by atoms with Crippen molar-refractivity contribution in [3.63, 3.8) is 0 Å². The summed E-state index contributed by atoms with van der Waals surface area (Å²) in [6.07, 6.45) is 0. The molecule has 0 unspecified atom stereocenters. The van der Waals surface area contributed by atoms with Crippen LogP contribution in [0.5, 0.6) is 5.75 Å². The minimum Gasteiger partial charge on any atom is -0.484 e. The van der Waals surface area contributed by atoms with E-state index in [0.717, 1.165) is 16.7 Å². The van der Waals surface area contributed by atoms with Gasteiger partial charge in [0.1, 0.15) is 5.75 Å². The Labute approximate surface area is 166 Å². The Kier molecular flexibility index (Phi) is 5.98. The third-order valence-corrected chi connectivity index (χ3v) is 4.64. The number of nitrogens with zero attached hydrogens (tertiary/aromatic N) is 2. The number of aromatic nitrogens is 2. The highest BCUT2D eigenvalue weighted by molar-refractivity contribution is 6.32. The molecule has 1 aromatic heterocycles. The molecule has 0 aliphatic heterocycles. The van der Waals surface area contributed by atoms with Crippen LogP contribution in [0.3, 0.4) is 0 Å². The molecule has 3 rings (SSSR count). The van der Waals surface area contributed by atoms with Gasteiger partial charge >= 0.3 is 0 Å². The maximum atomic E-state index is 12.0. The van der Waals surface area contributed by atoms with Crippen LogP contribution >= 0.6 is 23.2 Å². The van der Waals surface area contributed by atoms with E-state index in [2.05, 4.69) is 15.5 Å². The normalized spacial score (nSPS) is 10.7. The molecule has 1 amide bonds. The first-order chi connectivity index (χ1) is 12.9. The van der Waals surface area contributed by atoms with Gasteiger partial charge in [0.25, 0.3) is 5.91 Å². The minimum atomic E-state index is -0.300. The maximum Gasteiger partial charge on any atom is 0.258 e. The zero-order chi connectivity index (χ0) is 19.4. The molecule has 27 heavy (non-hydrogen) atoms. The second kappa shape index (κ2) is 8.41. The third kappa shape index (κ3) is 4.99. The molecule has 0 atom stereocenters. The number of ether oxygens (including phenoxy) is 1. The quantitative estimate of drug-likeness (QED) is 0.659. The van der Waals surface area contributed by atoms with Crippen molar-refractivity contribution in [1.82, 2.24) is 15.5 Å². The van der Waals surface area contributed by atoms with Crippen LogP contribution < -0.4 is 10.1 Å². The molecule has 0 aliphatic rings. The molecule has 0 aliphatic carbocycles. The van der Waals surface area contributed by atoms with E-state index < -0.39 is 0 Å². The number of rotatable bonds is 6. The lowest BCUT2D eigenvalue weighted by Crippen LogP contribution is -2.28. The lowest BCUT2D eigenvalue weighted by molar-refractivity contribution is -0.123. The summed E-state index contributed by atoms with van der Waals surface area (Å²) in [5, 5.41) is 7.89. The predicted octanol–water partition coefficient (Wildman–Crippen LogP) is 4.36. The van der Waals surface area contributed by atoms with Gasteiger partial charge in [-0.15, -0.1) is 0 Å². The van der Waals surface area contributed by atoms with Gasteiger partial charge < -0.3 is 14.6 Å². The number of halogens is 2. The third-order valence-electron chi connectivity index (χ3n) is 3.79. The van der Waals surface area contributed by atoms with Crippen LogP contribution in [0.1, 0.15) is 17.0 Å². The van der Waals surface area contributed by atoms with E-state index >= 15 is 0 Å². The predicted molar refractivity (Wildman–Crippen MR) is 103 cm³/mol. The average Bonchev–Trinajstić information content (AvgIpc) is 3.12. The van der Waals surface area contributed by atoms with Crippen LogP contribution in [0.2, 0.25) is 10.0 Å². The molecule has 0 bridgehead atoms. The molecule has 8 heteroatoms. The van der Waals surface area contributed by atoms with E-state index in [1.54, 1.807) is 36.4 Å². The topological polar surface area (TPSA) is 77.2 Å². The largest absolute Gasteiger partial charge is 0.484 e. The van der Waals surface area contributed by atoms with E-state index in [1.807, 2.05) is 13.8 Å². The Morgan fingerprint density at radius 3 is 2.48 bits per heavy atom. The molecule has 2 aromatic carbocycles. The Bertz CT molecular complexity index is 932. The van der Waals surface area contributed by atoms with Crippen LogP contribution in [0, 0.1) is 13.8 Å². The second-order valence-electron chi connectivity index (χ2n) is 5.96. The number of benzene rings is 2. The molecule has 0 saturated carbocycles. The number of carbonyl (C=O) groups excluding carboxylic acids is 1. The van der Waals surface area contributed by atoms with Crippen LogP contribution in [-0.4, -0.2) is 22.7 Å². The number of hydrogen-bond donors (Lipinski definition) is 1. The van der Waals surface area contributed by atoms with Crippen LogP contribution in [0.25, 0.3) is 11.4 Å². The van der Waals surface area contributed by atoms with Crippen molar-refractivity contribution in [3.8, 4) is 17.1 Å². The summed E-state index contributed by atoms with van der Waals surface area (Å²) in [4.78, 5) is 16.2. The van der Waals surface area contributed by atoms with Gasteiger partial charge in [-0.25, -0.2) is 0 Å². The average molecular weight is 406 g/mol. The molecule has 1 heterocycles. The molecule has 6 nitrogen and oxygen atoms in total. The summed E-state index contributed by atoms with van der Waals surface area (Å²) in [7, 11) is 0. The summed E-state index contributed by atoms with van der Waals surface area (Å²) in [5.41, 5.74) is 2.57. The Hall–Kier alpha value is -2.57. The molecule has 0 spiro atoms. The van der Waals surface area contributed by atoms with Crippen molar-refractivity contribution in [2.45, 2.75) is 20.4 Å². The molecule has 0 saturated heterocycles. The van der Waals surface area contributed by atoms with Gasteiger partial charge in [-0.3, -0.25) is 4.79 Å². The van der Waals surface area contributed by atoms with E-state index in [-0.39, 0.29) is 19.1 Å².